The van der Waals surface area contributed by atoms with E-state index in [0.717, 1.165) is 32.2 Å². The zero-order chi connectivity index (χ0) is 19.0. The van der Waals surface area contributed by atoms with Crippen LogP contribution in [0.4, 0.5) is 14.5 Å². The maximum absolute atomic E-state index is 14.4. The van der Waals surface area contributed by atoms with Gasteiger partial charge in [-0.2, -0.15) is 0 Å². The summed E-state index contributed by atoms with van der Waals surface area (Å²) in [6.07, 6.45) is 0. The molecule has 2 aromatic rings. The molecule has 140 valence electrons. The second kappa shape index (κ2) is 7.05. The van der Waals surface area contributed by atoms with Gasteiger partial charge < -0.3 is 9.64 Å². The number of morpholine rings is 1. The fraction of sp³-hybridized carbons (Fsp3) is 0.350. The summed E-state index contributed by atoms with van der Waals surface area (Å²) < 4.78 is 34.1. The van der Waals surface area contributed by atoms with Crippen LogP contribution in [-0.4, -0.2) is 45.0 Å². The zero-order valence-electron chi connectivity index (χ0n) is 15.3. The van der Waals surface area contributed by atoms with Crippen LogP contribution in [0.25, 0.3) is 0 Å². The van der Waals surface area contributed by atoms with E-state index in [1.54, 1.807) is 17.0 Å². The molecule has 0 radical (unpaired) electrons. The lowest BCUT2D eigenvalue weighted by Crippen LogP contribution is -2.35. The molecule has 1 saturated heterocycles. The molecule has 0 atom stereocenters. The minimum Gasteiger partial charge on any atom is -0.379 e. The van der Waals surface area contributed by atoms with Crippen LogP contribution in [0.3, 0.4) is 0 Å². The average molecular weight is 370 g/mol. The third-order valence-electron chi connectivity index (χ3n) is 5.15. The highest BCUT2D eigenvalue weighted by Crippen LogP contribution is 2.37. The van der Waals surface area contributed by atoms with E-state index in [1.165, 1.54) is 0 Å². The van der Waals surface area contributed by atoms with Crippen LogP contribution >= 0.6 is 0 Å². The van der Waals surface area contributed by atoms with Crippen molar-refractivity contribution in [3.05, 3.63) is 64.7 Å². The highest BCUT2D eigenvalue weighted by atomic mass is 19.3. The largest absolute Gasteiger partial charge is 0.379 e. The Morgan fingerprint density at radius 3 is 2.48 bits per heavy atom. The first-order valence-electron chi connectivity index (χ1n) is 9.14. The maximum Gasteiger partial charge on any atom is 0.258 e. The Balaban J connectivity index is 1.71. The van der Waals surface area contributed by atoms with Crippen molar-refractivity contribution in [2.24, 2.45) is 0 Å². The van der Waals surface area contributed by atoms with E-state index in [1.807, 2.05) is 30.3 Å². The summed E-state index contributed by atoms with van der Waals surface area (Å²) in [5.41, 5.74) is 2.24. The number of hydrogen-bond donors (Lipinski definition) is 0. The Morgan fingerprint density at radius 1 is 1.11 bits per heavy atom. The molecule has 2 aliphatic heterocycles. The summed E-state index contributed by atoms with van der Waals surface area (Å²) in [6, 6.07) is 12.5. The van der Waals surface area contributed by atoms with Gasteiger partial charge >= 0.3 is 0 Å². The summed E-state index contributed by atoms with van der Waals surface area (Å²) >= 11 is 0. The Morgan fingerprint density at radius 2 is 1.81 bits per heavy atom. The summed E-state index contributed by atoms with van der Waals surface area (Å²) in [7, 11) is 0.900. The number of anilines is 1. The smallest absolute Gasteiger partial charge is 0.258 e. The van der Waals surface area contributed by atoms with Gasteiger partial charge in [-0.3, -0.25) is 9.69 Å². The first-order chi connectivity index (χ1) is 12.9. The van der Waals surface area contributed by atoms with Gasteiger partial charge in [0.15, 0.2) is 7.85 Å². The number of fused-ring (bicyclic) bond motifs is 1. The molecule has 0 aliphatic carbocycles. The molecule has 1 fully saturated rings. The van der Waals surface area contributed by atoms with E-state index in [0.29, 0.717) is 30.9 Å². The molecule has 0 bridgehead atoms. The molecule has 0 aromatic heterocycles. The second-order valence-corrected chi connectivity index (χ2v) is 7.17. The molecular formula is C20H21BF2N2O2. The van der Waals surface area contributed by atoms with Crippen LogP contribution in [0.2, 0.25) is 0 Å². The van der Waals surface area contributed by atoms with Crippen molar-refractivity contribution >= 4 is 19.4 Å². The summed E-state index contributed by atoms with van der Waals surface area (Å²) in [5.74, 6) is -3.22. The Labute approximate surface area is 158 Å². The predicted octanol–water partition coefficient (Wildman–Crippen LogP) is 2.36. The van der Waals surface area contributed by atoms with Crippen LogP contribution in [0.15, 0.2) is 42.5 Å². The lowest BCUT2D eigenvalue weighted by Gasteiger charge is -2.27. The number of ether oxygens (including phenoxy) is 1. The molecule has 0 N–H and O–H groups in total. The number of benzene rings is 2. The van der Waals surface area contributed by atoms with Gasteiger partial charge in [0.05, 0.1) is 19.8 Å². The molecule has 27 heavy (non-hydrogen) atoms. The monoisotopic (exact) mass is 370 g/mol. The average Bonchev–Trinajstić information content (AvgIpc) is 2.99. The SMILES string of the molecule is BC(F)(F)c1cc(CN2CCOCC2)cc2c1CN(c1ccccc1)C2=O. The highest BCUT2D eigenvalue weighted by Gasteiger charge is 2.37. The van der Waals surface area contributed by atoms with E-state index in [9.17, 15) is 13.6 Å². The number of nitrogens with zero attached hydrogens (tertiary/aromatic N) is 2. The van der Waals surface area contributed by atoms with Gasteiger partial charge in [0.25, 0.3) is 5.91 Å². The predicted molar refractivity (Wildman–Crippen MR) is 102 cm³/mol. The molecule has 4 rings (SSSR count). The molecule has 1 amide bonds. The van der Waals surface area contributed by atoms with E-state index >= 15 is 0 Å². The molecule has 2 aromatic carbocycles. The third kappa shape index (κ3) is 3.62. The first-order valence-corrected chi connectivity index (χ1v) is 9.14. The minimum absolute atomic E-state index is 0.0463. The standard InChI is InChI=1S/C20H21BF2N2O2/c21-20(22,23)18-11-14(12-24-6-8-27-9-7-24)10-16-17(18)13-25(19(16)26)15-4-2-1-3-5-15/h1-5,10-11H,6-9,12-13,21H2. The summed E-state index contributed by atoms with van der Waals surface area (Å²) in [6.45, 7) is 3.52. The number of amides is 1. The number of carbonyl (C=O) groups is 1. The van der Waals surface area contributed by atoms with Crippen LogP contribution in [-0.2, 0) is 23.6 Å². The lowest BCUT2D eigenvalue weighted by molar-refractivity contribution is 0.0340. The zero-order valence-corrected chi connectivity index (χ0v) is 15.3. The Hall–Kier alpha value is -2.25. The molecular weight excluding hydrogens is 349 g/mol. The van der Waals surface area contributed by atoms with E-state index in [-0.39, 0.29) is 18.0 Å². The molecule has 7 heteroatoms. The van der Waals surface area contributed by atoms with Gasteiger partial charge in [-0.05, 0) is 35.4 Å². The van der Waals surface area contributed by atoms with Crippen LogP contribution in [0.5, 0.6) is 0 Å². The van der Waals surface area contributed by atoms with Crippen molar-refractivity contribution < 1.29 is 18.3 Å². The van der Waals surface area contributed by atoms with Gasteiger partial charge in [0, 0.05) is 36.4 Å². The van der Waals surface area contributed by atoms with Gasteiger partial charge in [0.1, 0.15) is 0 Å². The molecule has 0 saturated carbocycles. The Kier molecular flexibility index (Phi) is 4.74. The quantitative estimate of drug-likeness (QED) is 0.775. The van der Waals surface area contributed by atoms with Gasteiger partial charge in [-0.15, -0.1) is 0 Å². The van der Waals surface area contributed by atoms with Crippen LogP contribution in [0.1, 0.15) is 27.0 Å². The third-order valence-corrected chi connectivity index (χ3v) is 5.15. The van der Waals surface area contributed by atoms with Gasteiger partial charge in [-0.1, -0.05) is 18.2 Å². The molecule has 2 aliphatic rings. The number of para-hydroxylation sites is 1. The minimum atomic E-state index is -3.00. The van der Waals surface area contributed by atoms with Crippen molar-refractivity contribution in [1.29, 1.82) is 0 Å². The molecule has 0 unspecified atom stereocenters. The normalized spacial score (nSPS) is 18.0. The number of carbonyl (C=O) groups excluding carboxylic acids is 1. The van der Waals surface area contributed by atoms with Crippen molar-refractivity contribution in [2.45, 2.75) is 18.9 Å². The Bertz CT molecular complexity index is 849. The van der Waals surface area contributed by atoms with Crippen LogP contribution in [0, 0.1) is 0 Å². The number of alkyl halides is 2. The van der Waals surface area contributed by atoms with E-state index < -0.39 is 5.82 Å². The fourth-order valence-corrected chi connectivity index (χ4v) is 3.79. The summed E-state index contributed by atoms with van der Waals surface area (Å²) in [4.78, 5) is 16.7. The molecule has 2 heterocycles. The van der Waals surface area contributed by atoms with E-state index in [2.05, 4.69) is 4.90 Å². The summed E-state index contributed by atoms with van der Waals surface area (Å²) in [5, 5.41) is 0. The van der Waals surface area contributed by atoms with Crippen LogP contribution < -0.4 is 4.90 Å². The molecule has 4 nitrogen and oxygen atoms in total. The second-order valence-electron chi connectivity index (χ2n) is 7.17. The fourth-order valence-electron chi connectivity index (χ4n) is 3.79. The number of rotatable bonds is 4. The van der Waals surface area contributed by atoms with Crippen molar-refractivity contribution in [2.75, 3.05) is 31.2 Å². The molecule has 0 spiro atoms. The van der Waals surface area contributed by atoms with Crippen molar-refractivity contribution in [1.82, 2.24) is 4.90 Å². The van der Waals surface area contributed by atoms with Crippen molar-refractivity contribution in [3.63, 3.8) is 0 Å². The van der Waals surface area contributed by atoms with Gasteiger partial charge in [0.2, 0.25) is 5.82 Å². The van der Waals surface area contributed by atoms with Gasteiger partial charge in [-0.25, -0.2) is 8.78 Å². The first kappa shape index (κ1) is 18.1. The highest BCUT2D eigenvalue weighted by molar-refractivity contribution is 6.15. The van der Waals surface area contributed by atoms with Crippen molar-refractivity contribution in [3.8, 4) is 0 Å². The number of halogens is 2. The lowest BCUT2D eigenvalue weighted by atomic mass is 9.85. The van der Waals surface area contributed by atoms with E-state index in [4.69, 9.17) is 4.74 Å². The number of hydrogen-bond acceptors (Lipinski definition) is 3. The maximum atomic E-state index is 14.4. The topological polar surface area (TPSA) is 32.8 Å².